The minimum absolute atomic E-state index is 0.230. The van der Waals surface area contributed by atoms with Crippen LogP contribution in [0.1, 0.15) is 37.7 Å². The molecule has 1 unspecified atom stereocenters. The summed E-state index contributed by atoms with van der Waals surface area (Å²) >= 11 is 0. The van der Waals surface area contributed by atoms with Gasteiger partial charge in [-0.1, -0.05) is 6.42 Å². The van der Waals surface area contributed by atoms with Crippen LogP contribution in [0.4, 0.5) is 11.4 Å². The van der Waals surface area contributed by atoms with E-state index in [9.17, 15) is 5.11 Å². The zero-order valence-electron chi connectivity index (χ0n) is 11.8. The lowest BCUT2D eigenvalue weighted by atomic mass is 10.0. The summed E-state index contributed by atoms with van der Waals surface area (Å²) in [6.07, 6.45) is 8.85. The number of rotatable bonds is 8. The number of anilines is 2. The van der Waals surface area contributed by atoms with Gasteiger partial charge in [0.05, 0.1) is 6.10 Å². The number of aromatic nitrogens is 1. The second kappa shape index (κ2) is 7.96. The molecular formula is C14H27N4O+. The van der Waals surface area contributed by atoms with Crippen LogP contribution in [0.25, 0.3) is 0 Å². The van der Waals surface area contributed by atoms with Gasteiger partial charge in [-0.25, -0.2) is 4.57 Å². The standard InChI is InChI=1S/C14H27N4O/c1-18-9-13(16)12(14(17)10-18)7-3-2-5-11(19)6-4-8-15/h9-11,19H,2-8,15-17H2,1H3/q+1. The summed E-state index contributed by atoms with van der Waals surface area (Å²) in [4.78, 5) is 0. The third-order valence-corrected chi connectivity index (χ3v) is 3.34. The van der Waals surface area contributed by atoms with E-state index in [0.29, 0.717) is 6.54 Å². The quantitative estimate of drug-likeness (QED) is 0.406. The molecule has 0 aliphatic rings. The Bertz CT molecular complexity index is 372. The Labute approximate surface area is 115 Å². The monoisotopic (exact) mass is 267 g/mol. The van der Waals surface area contributed by atoms with Crippen molar-refractivity contribution in [3.63, 3.8) is 0 Å². The van der Waals surface area contributed by atoms with Gasteiger partial charge in [0.15, 0.2) is 12.4 Å². The van der Waals surface area contributed by atoms with E-state index in [1.807, 2.05) is 24.0 Å². The van der Waals surface area contributed by atoms with Gasteiger partial charge in [-0.05, 0) is 38.6 Å². The maximum atomic E-state index is 9.71. The molecule has 1 rings (SSSR count). The Hall–Kier alpha value is -1.33. The topological polar surface area (TPSA) is 102 Å². The molecule has 0 saturated heterocycles. The molecule has 1 heterocycles. The fraction of sp³-hybridized carbons (Fsp3) is 0.643. The van der Waals surface area contributed by atoms with Crippen molar-refractivity contribution in [2.24, 2.45) is 12.8 Å². The van der Waals surface area contributed by atoms with Crippen LogP contribution in [-0.4, -0.2) is 17.8 Å². The first-order chi connectivity index (χ1) is 9.04. The lowest BCUT2D eigenvalue weighted by molar-refractivity contribution is -0.670. The van der Waals surface area contributed by atoms with Gasteiger partial charge < -0.3 is 22.3 Å². The number of nitrogens with zero attached hydrogens (tertiary/aromatic N) is 1. The van der Waals surface area contributed by atoms with E-state index >= 15 is 0 Å². The van der Waals surface area contributed by atoms with Crippen molar-refractivity contribution in [3.8, 4) is 0 Å². The molecule has 1 aromatic rings. The lowest BCUT2D eigenvalue weighted by Crippen LogP contribution is -2.29. The molecule has 0 fully saturated rings. The molecule has 0 bridgehead atoms. The molecule has 0 aliphatic carbocycles. The Morgan fingerprint density at radius 3 is 2.26 bits per heavy atom. The maximum Gasteiger partial charge on any atom is 0.192 e. The summed E-state index contributed by atoms with van der Waals surface area (Å²) in [7, 11) is 1.91. The molecule has 5 nitrogen and oxygen atoms in total. The number of aryl methyl sites for hydroxylation is 1. The van der Waals surface area contributed by atoms with Crippen molar-refractivity contribution >= 4 is 11.4 Å². The fourth-order valence-corrected chi connectivity index (χ4v) is 2.27. The number of nitrogen functional groups attached to an aromatic ring is 2. The van der Waals surface area contributed by atoms with Crippen molar-refractivity contribution in [2.75, 3.05) is 18.0 Å². The lowest BCUT2D eigenvalue weighted by Gasteiger charge is -2.10. The largest absolute Gasteiger partial charge is 0.394 e. The predicted molar refractivity (Wildman–Crippen MR) is 78.3 cm³/mol. The molecule has 5 heteroatoms. The normalized spacial score (nSPS) is 12.6. The van der Waals surface area contributed by atoms with Crippen LogP contribution >= 0.6 is 0 Å². The highest BCUT2D eigenvalue weighted by Crippen LogP contribution is 2.20. The number of aliphatic hydroxyl groups excluding tert-OH is 1. The molecule has 108 valence electrons. The Kier molecular flexibility index (Phi) is 6.59. The van der Waals surface area contributed by atoms with E-state index in [2.05, 4.69) is 0 Å². The Balaban J connectivity index is 2.34. The van der Waals surface area contributed by atoms with Crippen LogP contribution < -0.4 is 21.8 Å². The summed E-state index contributed by atoms with van der Waals surface area (Å²) in [6.45, 7) is 0.644. The van der Waals surface area contributed by atoms with Crippen LogP contribution in [0.2, 0.25) is 0 Å². The number of nitrogens with two attached hydrogens (primary N) is 3. The highest BCUT2D eigenvalue weighted by molar-refractivity contribution is 5.57. The average molecular weight is 267 g/mol. The van der Waals surface area contributed by atoms with Crippen molar-refractivity contribution in [1.29, 1.82) is 0 Å². The molecule has 0 aliphatic heterocycles. The smallest absolute Gasteiger partial charge is 0.192 e. The Morgan fingerprint density at radius 1 is 1.11 bits per heavy atom. The van der Waals surface area contributed by atoms with E-state index in [1.165, 1.54) is 0 Å². The van der Waals surface area contributed by atoms with Gasteiger partial charge in [-0.3, -0.25) is 0 Å². The minimum atomic E-state index is -0.230. The van der Waals surface area contributed by atoms with E-state index in [0.717, 1.165) is 55.5 Å². The van der Waals surface area contributed by atoms with Gasteiger partial charge in [-0.2, -0.15) is 0 Å². The molecular weight excluding hydrogens is 240 g/mol. The van der Waals surface area contributed by atoms with E-state index in [4.69, 9.17) is 17.2 Å². The van der Waals surface area contributed by atoms with Crippen LogP contribution in [0.15, 0.2) is 12.4 Å². The van der Waals surface area contributed by atoms with Crippen LogP contribution in [-0.2, 0) is 13.5 Å². The van der Waals surface area contributed by atoms with Gasteiger partial charge in [0.2, 0.25) is 0 Å². The summed E-state index contributed by atoms with van der Waals surface area (Å²) in [6, 6.07) is 0. The van der Waals surface area contributed by atoms with Gasteiger partial charge in [-0.15, -0.1) is 0 Å². The molecule has 1 atom stereocenters. The number of pyridine rings is 1. The second-order valence-corrected chi connectivity index (χ2v) is 5.14. The highest BCUT2D eigenvalue weighted by atomic mass is 16.3. The zero-order chi connectivity index (χ0) is 14.3. The molecule has 0 aromatic carbocycles. The molecule has 0 amide bonds. The Morgan fingerprint density at radius 2 is 1.68 bits per heavy atom. The maximum absolute atomic E-state index is 9.71. The molecule has 0 spiro atoms. The molecule has 7 N–H and O–H groups in total. The fourth-order valence-electron chi connectivity index (χ4n) is 2.27. The number of hydrogen-bond donors (Lipinski definition) is 4. The van der Waals surface area contributed by atoms with Gasteiger partial charge in [0.1, 0.15) is 18.4 Å². The van der Waals surface area contributed by atoms with Gasteiger partial charge >= 0.3 is 0 Å². The number of aliphatic hydroxyl groups is 1. The highest BCUT2D eigenvalue weighted by Gasteiger charge is 2.10. The van der Waals surface area contributed by atoms with E-state index in [-0.39, 0.29) is 6.10 Å². The molecule has 0 radical (unpaired) electrons. The summed E-state index contributed by atoms with van der Waals surface area (Å²) in [5.41, 5.74) is 19.9. The van der Waals surface area contributed by atoms with Crippen LogP contribution in [0, 0.1) is 0 Å². The summed E-state index contributed by atoms with van der Waals surface area (Å²) < 4.78 is 1.87. The van der Waals surface area contributed by atoms with E-state index in [1.54, 1.807) is 0 Å². The first kappa shape index (κ1) is 15.7. The third kappa shape index (κ3) is 5.44. The minimum Gasteiger partial charge on any atom is -0.394 e. The third-order valence-electron chi connectivity index (χ3n) is 3.34. The molecule has 0 saturated carbocycles. The van der Waals surface area contributed by atoms with Crippen molar-refractivity contribution in [1.82, 2.24) is 0 Å². The summed E-state index contributed by atoms with van der Waals surface area (Å²) in [5, 5.41) is 9.71. The zero-order valence-corrected chi connectivity index (χ0v) is 11.8. The van der Waals surface area contributed by atoms with Crippen LogP contribution in [0.5, 0.6) is 0 Å². The first-order valence-corrected chi connectivity index (χ1v) is 6.95. The van der Waals surface area contributed by atoms with Crippen molar-refractivity contribution in [3.05, 3.63) is 18.0 Å². The van der Waals surface area contributed by atoms with Crippen molar-refractivity contribution < 1.29 is 9.67 Å². The first-order valence-electron chi connectivity index (χ1n) is 6.95. The SMILES string of the molecule is C[n+]1cc(N)c(CCCCC(O)CCCN)c(N)c1. The van der Waals surface area contributed by atoms with Gasteiger partial charge in [0, 0.05) is 5.56 Å². The summed E-state index contributed by atoms with van der Waals surface area (Å²) in [5.74, 6) is 0. The number of unbranched alkanes of at least 4 members (excludes halogenated alkanes) is 1. The molecule has 1 aromatic heterocycles. The van der Waals surface area contributed by atoms with Gasteiger partial charge in [0.25, 0.3) is 0 Å². The molecule has 19 heavy (non-hydrogen) atoms. The van der Waals surface area contributed by atoms with Crippen molar-refractivity contribution in [2.45, 2.75) is 44.6 Å². The predicted octanol–water partition coefficient (Wildman–Crippen LogP) is 0.488. The average Bonchev–Trinajstić information content (AvgIpc) is 2.34. The number of hydrogen-bond acceptors (Lipinski definition) is 4. The second-order valence-electron chi connectivity index (χ2n) is 5.14. The van der Waals surface area contributed by atoms with E-state index < -0.39 is 0 Å². The van der Waals surface area contributed by atoms with Crippen LogP contribution in [0.3, 0.4) is 0 Å².